The van der Waals surface area contributed by atoms with Crippen LogP contribution in [0.25, 0.3) is 0 Å². The Bertz CT molecular complexity index is 576. The molecule has 2 nitrogen and oxygen atoms in total. The minimum atomic E-state index is -0.602. The van der Waals surface area contributed by atoms with Crippen molar-refractivity contribution in [1.29, 1.82) is 0 Å². The summed E-state index contributed by atoms with van der Waals surface area (Å²) in [4.78, 5) is 0. The molecule has 2 aromatic rings. The molecule has 1 atom stereocenters. The van der Waals surface area contributed by atoms with Crippen molar-refractivity contribution in [1.82, 2.24) is 0 Å². The molecule has 0 saturated heterocycles. The minimum absolute atomic E-state index is 0.156. The van der Waals surface area contributed by atoms with Gasteiger partial charge < -0.3 is 9.84 Å². The maximum Gasteiger partial charge on any atom is 0.119 e. The summed E-state index contributed by atoms with van der Waals surface area (Å²) in [6.45, 7) is 6.05. The normalized spacial score (nSPS) is 12.5. The van der Waals surface area contributed by atoms with E-state index < -0.39 is 6.10 Å². The third-order valence-corrected chi connectivity index (χ3v) is 4.56. The Balaban J connectivity index is 2.25. The molecule has 0 heterocycles. The van der Waals surface area contributed by atoms with E-state index in [1.54, 1.807) is 0 Å². The van der Waals surface area contributed by atoms with Crippen molar-refractivity contribution in [3.63, 3.8) is 0 Å². The van der Waals surface area contributed by atoms with E-state index in [9.17, 15) is 5.11 Å². The second-order valence-corrected chi connectivity index (χ2v) is 6.20. The maximum atomic E-state index is 10.5. The number of ether oxygens (including phenoxy) is 1. The van der Waals surface area contributed by atoms with Gasteiger partial charge in [0.25, 0.3) is 0 Å². The Morgan fingerprint density at radius 3 is 2.30 bits per heavy atom. The average molecular weight is 382 g/mol. The molecular weight excluding hydrogens is 363 g/mol. The predicted molar refractivity (Wildman–Crippen MR) is 90.2 cm³/mol. The standard InChI is InChI=1S/C17H19IO2/c1-11(2)20-14-9-7-13(8-10-14)17(19)15-6-4-5-12(3)16(15)18/h4-11,17,19H,1-3H3. The summed E-state index contributed by atoms with van der Waals surface area (Å²) in [6.07, 6.45) is -0.446. The van der Waals surface area contributed by atoms with E-state index in [4.69, 9.17) is 4.74 Å². The minimum Gasteiger partial charge on any atom is -0.491 e. The van der Waals surface area contributed by atoms with Crippen molar-refractivity contribution >= 4 is 22.6 Å². The largest absolute Gasteiger partial charge is 0.491 e. The van der Waals surface area contributed by atoms with Crippen LogP contribution in [0, 0.1) is 10.5 Å². The van der Waals surface area contributed by atoms with E-state index in [0.717, 1.165) is 20.4 Å². The maximum absolute atomic E-state index is 10.5. The molecule has 0 radical (unpaired) electrons. The van der Waals surface area contributed by atoms with Crippen molar-refractivity contribution in [2.75, 3.05) is 0 Å². The molecule has 1 N–H and O–H groups in total. The van der Waals surface area contributed by atoms with Crippen molar-refractivity contribution in [3.8, 4) is 5.75 Å². The molecule has 20 heavy (non-hydrogen) atoms. The summed E-state index contributed by atoms with van der Waals surface area (Å²) in [5.74, 6) is 0.829. The zero-order valence-corrected chi connectivity index (χ0v) is 14.1. The van der Waals surface area contributed by atoms with E-state index in [1.165, 1.54) is 5.56 Å². The third-order valence-electron chi connectivity index (χ3n) is 3.08. The first-order valence-electron chi connectivity index (χ1n) is 6.68. The lowest BCUT2D eigenvalue weighted by Gasteiger charge is -2.16. The lowest BCUT2D eigenvalue weighted by molar-refractivity contribution is 0.218. The molecule has 0 saturated carbocycles. The highest BCUT2D eigenvalue weighted by atomic mass is 127. The molecule has 0 aliphatic rings. The van der Waals surface area contributed by atoms with Crippen molar-refractivity contribution < 1.29 is 9.84 Å². The van der Waals surface area contributed by atoms with Crippen molar-refractivity contribution in [2.24, 2.45) is 0 Å². The van der Waals surface area contributed by atoms with Crippen LogP contribution in [0.2, 0.25) is 0 Å². The first-order valence-corrected chi connectivity index (χ1v) is 7.76. The molecule has 0 fully saturated rings. The molecular formula is C17H19IO2. The zero-order valence-electron chi connectivity index (χ0n) is 11.9. The van der Waals surface area contributed by atoms with Crippen LogP contribution in [0.3, 0.4) is 0 Å². The van der Waals surface area contributed by atoms with Crippen LogP contribution in [-0.4, -0.2) is 11.2 Å². The molecule has 0 aliphatic carbocycles. The van der Waals surface area contributed by atoms with Gasteiger partial charge in [0.05, 0.1) is 6.10 Å². The molecule has 0 amide bonds. The first-order chi connectivity index (χ1) is 9.49. The summed E-state index contributed by atoms with van der Waals surface area (Å²) in [7, 11) is 0. The van der Waals surface area contributed by atoms with Crippen LogP contribution in [0.5, 0.6) is 5.75 Å². The predicted octanol–water partition coefficient (Wildman–Crippen LogP) is 4.47. The van der Waals surface area contributed by atoms with Crippen LogP contribution in [0.15, 0.2) is 42.5 Å². The number of rotatable bonds is 4. The molecule has 1 unspecified atom stereocenters. The number of hydrogen-bond donors (Lipinski definition) is 1. The Hall–Kier alpha value is -1.07. The smallest absolute Gasteiger partial charge is 0.119 e. The van der Waals surface area contributed by atoms with Crippen LogP contribution < -0.4 is 4.74 Å². The summed E-state index contributed by atoms with van der Waals surface area (Å²) < 4.78 is 6.73. The van der Waals surface area contributed by atoms with E-state index >= 15 is 0 Å². The van der Waals surface area contributed by atoms with Gasteiger partial charge >= 0.3 is 0 Å². The van der Waals surface area contributed by atoms with Crippen LogP contribution in [0.4, 0.5) is 0 Å². The second kappa shape index (κ2) is 6.59. The molecule has 0 aromatic heterocycles. The van der Waals surface area contributed by atoms with Gasteiger partial charge in [-0.1, -0.05) is 30.3 Å². The Morgan fingerprint density at radius 1 is 1.05 bits per heavy atom. The van der Waals surface area contributed by atoms with Crippen molar-refractivity contribution in [3.05, 3.63) is 62.7 Å². The second-order valence-electron chi connectivity index (χ2n) is 5.12. The summed E-state index contributed by atoms with van der Waals surface area (Å²) in [5.41, 5.74) is 3.01. The topological polar surface area (TPSA) is 29.5 Å². The van der Waals surface area contributed by atoms with Gasteiger partial charge in [0.1, 0.15) is 11.9 Å². The third kappa shape index (κ3) is 3.52. The van der Waals surface area contributed by atoms with E-state index in [2.05, 4.69) is 35.6 Å². The van der Waals surface area contributed by atoms with Gasteiger partial charge in [-0.05, 0) is 72.2 Å². The fraction of sp³-hybridized carbons (Fsp3) is 0.294. The lowest BCUT2D eigenvalue weighted by Crippen LogP contribution is -2.06. The Labute approximate surface area is 133 Å². The van der Waals surface area contributed by atoms with E-state index in [0.29, 0.717) is 0 Å². The highest BCUT2D eigenvalue weighted by molar-refractivity contribution is 14.1. The van der Waals surface area contributed by atoms with Gasteiger partial charge in [-0.3, -0.25) is 0 Å². The van der Waals surface area contributed by atoms with Crippen LogP contribution in [-0.2, 0) is 0 Å². The summed E-state index contributed by atoms with van der Waals surface area (Å²) in [5, 5.41) is 10.5. The molecule has 2 aromatic carbocycles. The Kier molecular flexibility index (Phi) is 5.05. The SMILES string of the molecule is Cc1cccc(C(O)c2ccc(OC(C)C)cc2)c1I. The number of halogens is 1. The lowest BCUT2D eigenvalue weighted by atomic mass is 10.00. The number of benzene rings is 2. The Morgan fingerprint density at radius 2 is 1.70 bits per heavy atom. The van der Waals surface area contributed by atoms with Gasteiger partial charge in [-0.2, -0.15) is 0 Å². The first kappa shape index (κ1) is 15.3. The molecule has 0 spiro atoms. The number of aliphatic hydroxyl groups excluding tert-OH is 1. The highest BCUT2D eigenvalue weighted by Gasteiger charge is 2.14. The number of aliphatic hydroxyl groups is 1. The van der Waals surface area contributed by atoms with Gasteiger partial charge in [0.15, 0.2) is 0 Å². The molecule has 0 aliphatic heterocycles. The number of aryl methyl sites for hydroxylation is 1. The molecule has 3 heteroatoms. The van der Waals surface area contributed by atoms with Gasteiger partial charge in [-0.15, -0.1) is 0 Å². The molecule has 106 valence electrons. The fourth-order valence-corrected chi connectivity index (χ4v) is 2.72. The van der Waals surface area contributed by atoms with E-state index in [-0.39, 0.29) is 6.10 Å². The van der Waals surface area contributed by atoms with Gasteiger partial charge in [0.2, 0.25) is 0 Å². The van der Waals surface area contributed by atoms with Crippen LogP contribution >= 0.6 is 22.6 Å². The van der Waals surface area contributed by atoms with Crippen LogP contribution in [0.1, 0.15) is 36.6 Å². The number of hydrogen-bond acceptors (Lipinski definition) is 2. The summed E-state index contributed by atoms with van der Waals surface area (Å²) >= 11 is 2.28. The quantitative estimate of drug-likeness (QED) is 0.791. The average Bonchev–Trinajstić information content (AvgIpc) is 2.41. The molecule has 2 rings (SSSR count). The summed E-state index contributed by atoms with van der Waals surface area (Å²) in [6, 6.07) is 13.6. The highest BCUT2D eigenvalue weighted by Crippen LogP contribution is 2.29. The fourth-order valence-electron chi connectivity index (χ4n) is 2.06. The monoisotopic (exact) mass is 382 g/mol. The van der Waals surface area contributed by atoms with Gasteiger partial charge in [-0.25, -0.2) is 0 Å². The molecule has 0 bridgehead atoms. The van der Waals surface area contributed by atoms with Gasteiger partial charge in [0, 0.05) is 3.57 Å². The zero-order chi connectivity index (χ0) is 14.7. The van der Waals surface area contributed by atoms with E-state index in [1.807, 2.05) is 50.2 Å². The van der Waals surface area contributed by atoms with Crippen molar-refractivity contribution in [2.45, 2.75) is 33.0 Å².